The zero-order valence-corrected chi connectivity index (χ0v) is 41.3. The standard InChI is InChI=1S/C32H70N4O11Si6/c1-19-31(21-23-35-29(33)39,41-27(37)25(3)4)52(43-48(7,8)9,44-49(10,11)12)47-53(45-50(13,14)15,46-51(16,17)18)32(20-2,22-24-36-30(34)40)42-28(38)26(5)6/h3,5,19-24H2,1-2,4,6-18H3,(H3,33,35,39)(H3,34,36,40). The zero-order valence-electron chi connectivity index (χ0n) is 35.3. The summed E-state index contributed by atoms with van der Waals surface area (Å²) in [4.78, 5) is 51.6. The summed E-state index contributed by atoms with van der Waals surface area (Å²) in [6, 6.07) is -1.56. The highest BCUT2D eigenvalue weighted by Gasteiger charge is 2.75. The smallest absolute Gasteiger partial charge is 0.451 e. The van der Waals surface area contributed by atoms with Gasteiger partial charge in [-0.15, -0.1) is 0 Å². The Morgan fingerprint density at radius 1 is 0.528 bits per heavy atom. The molecule has 0 aliphatic rings. The van der Waals surface area contributed by atoms with Crippen LogP contribution in [0.15, 0.2) is 24.3 Å². The lowest BCUT2D eigenvalue weighted by atomic mass is 10.2. The lowest BCUT2D eigenvalue weighted by Gasteiger charge is -2.56. The minimum Gasteiger partial charge on any atom is -0.451 e. The topological polar surface area (TPSA) is 209 Å². The Balaban J connectivity index is 9.13. The van der Waals surface area contributed by atoms with Gasteiger partial charge < -0.3 is 52.2 Å². The normalized spacial score (nSPS) is 15.4. The van der Waals surface area contributed by atoms with Gasteiger partial charge in [-0.25, -0.2) is 19.2 Å². The van der Waals surface area contributed by atoms with Crippen molar-refractivity contribution in [1.29, 1.82) is 0 Å². The Labute approximate surface area is 324 Å². The maximum Gasteiger partial charge on any atom is 0.519 e. The van der Waals surface area contributed by atoms with E-state index < -0.39 is 85.3 Å². The Morgan fingerprint density at radius 3 is 0.943 bits per heavy atom. The molecule has 0 aromatic rings. The molecular formula is C32H70N4O11Si6. The number of carbonyl (C=O) groups excluding carboxylic acids is 4. The van der Waals surface area contributed by atoms with Gasteiger partial charge in [-0.3, -0.25) is 0 Å². The lowest BCUT2D eigenvalue weighted by molar-refractivity contribution is -0.155. The highest BCUT2D eigenvalue weighted by molar-refractivity contribution is 6.94. The monoisotopic (exact) mass is 854 g/mol. The van der Waals surface area contributed by atoms with Gasteiger partial charge in [0.15, 0.2) is 43.7 Å². The predicted octanol–water partition coefficient (Wildman–Crippen LogP) is 6.02. The third-order valence-corrected chi connectivity index (χ3v) is 27.1. The van der Waals surface area contributed by atoms with Crippen molar-refractivity contribution < 1.29 is 49.2 Å². The molecule has 0 radical (unpaired) electrons. The first-order valence-corrected chi connectivity index (χ1v) is 35.1. The van der Waals surface area contributed by atoms with E-state index in [1.54, 1.807) is 0 Å². The van der Waals surface area contributed by atoms with Crippen LogP contribution >= 0.6 is 0 Å². The van der Waals surface area contributed by atoms with E-state index in [-0.39, 0.29) is 49.9 Å². The molecule has 0 saturated carbocycles. The molecule has 2 unspecified atom stereocenters. The van der Waals surface area contributed by atoms with Crippen molar-refractivity contribution in [2.75, 3.05) is 13.1 Å². The van der Waals surface area contributed by atoms with E-state index in [2.05, 4.69) is 23.8 Å². The van der Waals surface area contributed by atoms with Crippen LogP contribution in [0.3, 0.4) is 0 Å². The molecule has 0 aliphatic carbocycles. The molecule has 0 spiro atoms. The first-order valence-electron chi connectivity index (χ1n) is 18.0. The largest absolute Gasteiger partial charge is 0.519 e. The minimum absolute atomic E-state index is 0.0368. The molecule has 6 N–H and O–H groups in total. The summed E-state index contributed by atoms with van der Waals surface area (Å²) in [6.45, 7) is 37.8. The minimum atomic E-state index is -4.65. The van der Waals surface area contributed by atoms with Crippen LogP contribution in [-0.2, 0) is 39.6 Å². The molecule has 0 rings (SSSR count). The van der Waals surface area contributed by atoms with Gasteiger partial charge in [0, 0.05) is 37.1 Å². The fourth-order valence-electron chi connectivity index (χ4n) is 5.24. The second kappa shape index (κ2) is 19.3. The van der Waals surface area contributed by atoms with Crippen molar-refractivity contribution >= 4 is 74.9 Å². The summed E-state index contributed by atoms with van der Waals surface area (Å²) >= 11 is 0. The summed E-state index contributed by atoms with van der Waals surface area (Å²) in [7, 11) is -20.4. The molecule has 0 bridgehead atoms. The maximum atomic E-state index is 13.8. The van der Waals surface area contributed by atoms with Gasteiger partial charge in [-0.1, -0.05) is 27.0 Å². The number of hydrogen-bond donors (Lipinski definition) is 4. The zero-order chi connectivity index (χ0) is 42.1. The Hall–Kier alpha value is -1.94. The van der Waals surface area contributed by atoms with Crippen LogP contribution in [0.2, 0.25) is 78.6 Å². The molecule has 0 aliphatic heterocycles. The number of esters is 2. The number of nitrogens with two attached hydrogens (primary N) is 2. The van der Waals surface area contributed by atoms with Gasteiger partial charge >= 0.3 is 41.6 Å². The third-order valence-electron chi connectivity index (χ3n) is 7.22. The highest BCUT2D eigenvalue weighted by atomic mass is 28.5. The maximum absolute atomic E-state index is 13.8. The summed E-state index contributed by atoms with van der Waals surface area (Å²) in [6.07, 6.45) is 0.133. The number of rotatable bonds is 24. The van der Waals surface area contributed by atoms with Crippen LogP contribution in [0.4, 0.5) is 9.59 Å². The molecule has 4 amide bonds. The molecule has 0 heterocycles. The number of nitrogens with one attached hydrogen (secondary N) is 2. The van der Waals surface area contributed by atoms with Crippen molar-refractivity contribution in [3.05, 3.63) is 24.3 Å². The van der Waals surface area contributed by atoms with Crippen molar-refractivity contribution in [3.8, 4) is 0 Å². The summed E-state index contributed by atoms with van der Waals surface area (Å²) < 4.78 is 49.9. The molecule has 53 heavy (non-hydrogen) atoms. The number of hydrogen-bond acceptors (Lipinski definition) is 11. The van der Waals surface area contributed by atoms with E-state index in [0.717, 1.165) is 0 Å². The highest BCUT2D eigenvalue weighted by Crippen LogP contribution is 2.47. The molecule has 0 saturated heterocycles. The van der Waals surface area contributed by atoms with Crippen molar-refractivity contribution in [2.24, 2.45) is 11.5 Å². The fraction of sp³-hybridized carbons (Fsp3) is 0.750. The first kappa shape index (κ1) is 51.1. The summed E-state index contributed by atoms with van der Waals surface area (Å²) in [5.41, 5.74) is 11.3. The quantitative estimate of drug-likeness (QED) is 0.0502. The number of carbonyl (C=O) groups is 4. The van der Waals surface area contributed by atoms with Gasteiger partial charge in [0.05, 0.1) is 0 Å². The van der Waals surface area contributed by atoms with Crippen LogP contribution in [0, 0.1) is 0 Å². The van der Waals surface area contributed by atoms with E-state index in [0.29, 0.717) is 0 Å². The molecule has 0 fully saturated rings. The molecule has 2 atom stereocenters. The average molecular weight is 855 g/mol. The van der Waals surface area contributed by atoms with Gasteiger partial charge in [-0.05, 0) is 105 Å². The molecule has 0 aromatic carbocycles. The van der Waals surface area contributed by atoms with Gasteiger partial charge in [0.2, 0.25) is 0 Å². The van der Waals surface area contributed by atoms with Gasteiger partial charge in [0.25, 0.3) is 0 Å². The van der Waals surface area contributed by atoms with Crippen molar-refractivity contribution in [2.45, 2.75) is 142 Å². The summed E-state index contributed by atoms with van der Waals surface area (Å²) in [5, 5.41) is 1.89. The Kier molecular flexibility index (Phi) is 18.6. The lowest BCUT2D eigenvalue weighted by Crippen LogP contribution is -2.81. The molecular weight excluding hydrogens is 785 g/mol. The second-order valence-corrected chi connectivity index (χ2v) is 42.2. The SMILES string of the molecule is C=C(C)C(=O)OC(CC)(CCNC(N)=O)[Si](O[Si](C)(C)C)(O[Si](C)(C)C)O[Si](O[Si](C)(C)C)(O[Si](C)(C)C)C(CC)(CCNC(N)=O)OC(=O)C(=C)C. The number of urea groups is 2. The third kappa shape index (κ3) is 16.4. The Morgan fingerprint density at radius 2 is 0.774 bits per heavy atom. The van der Waals surface area contributed by atoms with E-state index in [1.165, 1.54) is 13.8 Å². The molecule has 308 valence electrons. The Bertz CT molecular complexity index is 1200. The van der Waals surface area contributed by atoms with Gasteiger partial charge in [0.1, 0.15) is 0 Å². The fourth-order valence-corrected chi connectivity index (χ4v) is 29.4. The predicted molar refractivity (Wildman–Crippen MR) is 223 cm³/mol. The van der Waals surface area contributed by atoms with Crippen LogP contribution in [-0.4, -0.2) is 98.4 Å². The van der Waals surface area contributed by atoms with Gasteiger partial charge in [-0.2, -0.15) is 0 Å². The van der Waals surface area contributed by atoms with E-state index in [9.17, 15) is 19.2 Å². The number of primary amides is 2. The first-order chi connectivity index (χ1) is 23.6. The number of ether oxygens (including phenoxy) is 2. The van der Waals surface area contributed by atoms with Crippen molar-refractivity contribution in [1.82, 2.24) is 10.6 Å². The van der Waals surface area contributed by atoms with E-state index >= 15 is 0 Å². The molecule has 15 nitrogen and oxygen atoms in total. The van der Waals surface area contributed by atoms with Crippen LogP contribution in [0.5, 0.6) is 0 Å². The van der Waals surface area contributed by atoms with Crippen LogP contribution in [0.25, 0.3) is 0 Å². The summed E-state index contributed by atoms with van der Waals surface area (Å²) in [5.74, 6) is -1.45. The van der Waals surface area contributed by atoms with Crippen molar-refractivity contribution in [3.63, 3.8) is 0 Å². The number of amides is 4. The average Bonchev–Trinajstić information content (AvgIpc) is 2.91. The van der Waals surface area contributed by atoms with Crippen LogP contribution < -0.4 is 22.1 Å². The van der Waals surface area contributed by atoms with Crippen LogP contribution in [0.1, 0.15) is 53.4 Å². The second-order valence-electron chi connectivity index (χ2n) is 17.2. The molecule has 0 aromatic heterocycles. The van der Waals surface area contributed by atoms with E-state index in [1.807, 2.05) is 92.4 Å². The van der Waals surface area contributed by atoms with E-state index in [4.69, 9.17) is 41.5 Å². The molecule has 21 heteroatoms.